The number of nitrogens with zero attached hydrogens (tertiary/aromatic N) is 2. The van der Waals surface area contributed by atoms with Crippen molar-refractivity contribution in [3.63, 3.8) is 0 Å². The summed E-state index contributed by atoms with van der Waals surface area (Å²) >= 11 is 0. The Bertz CT molecular complexity index is 2140. The van der Waals surface area contributed by atoms with Crippen LogP contribution in [0.25, 0.3) is 0 Å². The third-order valence-electron chi connectivity index (χ3n) is 12.6. The first-order valence-electron chi connectivity index (χ1n) is 24.1. The maximum Gasteiger partial charge on any atom is 0.328 e. The van der Waals surface area contributed by atoms with Crippen LogP contribution in [0.15, 0.2) is 24.3 Å². The number of nitrogens with two attached hydrogens (primary N) is 2. The summed E-state index contributed by atoms with van der Waals surface area (Å²) in [5.41, 5.74) is 12.4. The predicted octanol–water partition coefficient (Wildman–Crippen LogP) is -2.67. The van der Waals surface area contributed by atoms with Crippen LogP contribution < -0.4 is 43.4 Å². The summed E-state index contributed by atoms with van der Waals surface area (Å²) < 4.78 is 0. The summed E-state index contributed by atoms with van der Waals surface area (Å²) in [7, 11) is 0. The number of carboxylic acid groups (broad SMARTS) is 2. The standard InChI is InChI=1S/C47H72N10O15/c1-7-25(6)38(44(68)53-32(22-58)47(71)72)55-43(67)37(24(4)5)54-42(66)34-11-9-17-57(34)46(70)31(20-35(49)60)52-39(63)29(18-23(2)3)50-40(64)30(21-36(61)62)51-41(65)33-10-8-16-56(33)45(69)28(48)19-26-12-14-27(59)15-13-26/h12-15,23-25,28-34,37-38,58-59H,7-11,16-22,48H2,1-6H3,(H2,49,60)(H,50,64)(H,51,65)(H,52,63)(H,53,68)(H,54,66)(H,55,67)(H,61,62)(H,71,72)/t25-,28-,29-,30-,31-,32-,33-,34-,37-,38-/m0/s1. The molecule has 0 aliphatic carbocycles. The van der Waals surface area contributed by atoms with E-state index in [1.165, 1.54) is 17.0 Å². The number of carbonyl (C=O) groups excluding carboxylic acids is 9. The average molecular weight is 1020 g/mol. The molecule has 2 heterocycles. The molecule has 2 aliphatic rings. The van der Waals surface area contributed by atoms with Gasteiger partial charge in [0.1, 0.15) is 54.1 Å². The number of phenolic OH excluding ortho intramolecular Hbond substituents is 1. The molecule has 10 atom stereocenters. The lowest BCUT2D eigenvalue weighted by molar-refractivity contribution is -0.144. The first kappa shape index (κ1) is 59.4. The summed E-state index contributed by atoms with van der Waals surface area (Å²) in [5.74, 6) is -12.2. The highest BCUT2D eigenvalue weighted by atomic mass is 16.4. The van der Waals surface area contributed by atoms with E-state index < -0.39 is 151 Å². The van der Waals surface area contributed by atoms with Crippen LogP contribution in [0.3, 0.4) is 0 Å². The van der Waals surface area contributed by atoms with Crippen LogP contribution in [-0.2, 0) is 59.2 Å². The van der Waals surface area contributed by atoms with Gasteiger partial charge in [-0.15, -0.1) is 0 Å². The number of aliphatic hydroxyl groups is 1. The molecule has 25 nitrogen and oxygen atoms in total. The molecule has 25 heteroatoms. The minimum Gasteiger partial charge on any atom is -0.508 e. The number of aliphatic carboxylic acids is 2. The zero-order valence-corrected chi connectivity index (χ0v) is 41.6. The molecular weight excluding hydrogens is 945 g/mol. The normalized spacial score (nSPS) is 18.9. The summed E-state index contributed by atoms with van der Waals surface area (Å²) in [6.07, 6.45) is -0.346. The Hall–Kier alpha value is -6.89. The van der Waals surface area contributed by atoms with Gasteiger partial charge in [-0.25, -0.2) is 4.79 Å². The molecule has 0 saturated carbocycles. The summed E-state index contributed by atoms with van der Waals surface area (Å²) in [6.45, 7) is 9.23. The van der Waals surface area contributed by atoms with Crippen molar-refractivity contribution in [1.29, 1.82) is 0 Å². The van der Waals surface area contributed by atoms with Gasteiger partial charge in [0.15, 0.2) is 0 Å². The van der Waals surface area contributed by atoms with Gasteiger partial charge in [-0.3, -0.25) is 47.9 Å². The second-order valence-corrected chi connectivity index (χ2v) is 19.1. The van der Waals surface area contributed by atoms with Gasteiger partial charge in [-0.2, -0.15) is 0 Å². The molecule has 1 aromatic carbocycles. The Morgan fingerprint density at radius 1 is 0.653 bits per heavy atom. The molecular formula is C47H72N10O15. The lowest BCUT2D eigenvalue weighted by Crippen LogP contribution is -2.61. The van der Waals surface area contributed by atoms with E-state index in [1.54, 1.807) is 53.7 Å². The minimum absolute atomic E-state index is 0.0206. The smallest absolute Gasteiger partial charge is 0.328 e. The van der Waals surface area contributed by atoms with Crippen molar-refractivity contribution in [3.05, 3.63) is 29.8 Å². The maximum atomic E-state index is 14.2. The molecule has 0 radical (unpaired) electrons. The number of likely N-dealkylation sites (tertiary alicyclic amines) is 2. The van der Waals surface area contributed by atoms with Gasteiger partial charge in [-0.05, 0) is 74.0 Å². The van der Waals surface area contributed by atoms with Crippen LogP contribution in [-0.4, -0.2) is 169 Å². The van der Waals surface area contributed by atoms with E-state index in [0.717, 1.165) is 4.90 Å². The maximum absolute atomic E-state index is 14.2. The quantitative estimate of drug-likeness (QED) is 0.0428. The van der Waals surface area contributed by atoms with Crippen LogP contribution >= 0.6 is 0 Å². The number of benzene rings is 1. The number of aliphatic hydroxyl groups excluding tert-OH is 1. The number of nitrogens with one attached hydrogen (secondary N) is 6. The Morgan fingerprint density at radius 2 is 1.17 bits per heavy atom. The molecule has 2 fully saturated rings. The molecule has 9 amide bonds. The van der Waals surface area contributed by atoms with Gasteiger partial charge < -0.3 is 73.6 Å². The van der Waals surface area contributed by atoms with Crippen molar-refractivity contribution in [2.75, 3.05) is 19.7 Å². The fourth-order valence-corrected chi connectivity index (χ4v) is 8.47. The monoisotopic (exact) mass is 1020 g/mol. The Kier molecular flexibility index (Phi) is 22.8. The van der Waals surface area contributed by atoms with Gasteiger partial charge in [0.25, 0.3) is 0 Å². The number of amides is 9. The predicted molar refractivity (Wildman–Crippen MR) is 255 cm³/mol. The zero-order valence-electron chi connectivity index (χ0n) is 41.6. The number of hydrogen-bond donors (Lipinski definition) is 12. The number of carboxylic acids is 2. The Balaban J connectivity index is 1.78. The van der Waals surface area contributed by atoms with E-state index in [2.05, 4.69) is 31.9 Å². The van der Waals surface area contributed by atoms with Gasteiger partial charge in [0.2, 0.25) is 53.2 Å². The van der Waals surface area contributed by atoms with Crippen LogP contribution in [0, 0.1) is 17.8 Å². The summed E-state index contributed by atoms with van der Waals surface area (Å²) in [5, 5.41) is 52.8. The number of aromatic hydroxyl groups is 1. The summed E-state index contributed by atoms with van der Waals surface area (Å²) in [6, 6.07) is -6.44. The number of phenols is 1. The summed E-state index contributed by atoms with van der Waals surface area (Å²) in [4.78, 5) is 148. The van der Waals surface area contributed by atoms with Crippen molar-refractivity contribution < 1.29 is 73.2 Å². The molecule has 0 bridgehead atoms. The molecule has 0 aromatic heterocycles. The van der Waals surface area contributed by atoms with Crippen molar-refractivity contribution >= 4 is 65.1 Å². The number of rotatable bonds is 27. The first-order valence-corrected chi connectivity index (χ1v) is 24.1. The van der Waals surface area contributed by atoms with E-state index in [1.807, 2.05) is 0 Å². The van der Waals surface area contributed by atoms with Crippen LogP contribution in [0.5, 0.6) is 5.75 Å². The van der Waals surface area contributed by atoms with Gasteiger partial charge in [-0.1, -0.05) is 60.1 Å². The fourth-order valence-electron chi connectivity index (χ4n) is 8.47. The third kappa shape index (κ3) is 17.2. The van der Waals surface area contributed by atoms with Crippen molar-refractivity contribution in [2.45, 2.75) is 154 Å². The van der Waals surface area contributed by atoms with Crippen molar-refractivity contribution in [1.82, 2.24) is 41.7 Å². The zero-order chi connectivity index (χ0) is 54.1. The molecule has 2 saturated heterocycles. The molecule has 72 heavy (non-hydrogen) atoms. The van der Waals surface area contributed by atoms with Crippen LogP contribution in [0.2, 0.25) is 0 Å². The van der Waals surface area contributed by atoms with E-state index in [0.29, 0.717) is 18.4 Å². The molecule has 0 unspecified atom stereocenters. The fraction of sp³-hybridized carbons (Fsp3) is 0.638. The van der Waals surface area contributed by atoms with Crippen molar-refractivity contribution in [2.24, 2.45) is 29.2 Å². The molecule has 3 rings (SSSR count). The van der Waals surface area contributed by atoms with E-state index >= 15 is 0 Å². The Labute approximate surface area is 417 Å². The second-order valence-electron chi connectivity index (χ2n) is 19.1. The number of carbonyl (C=O) groups is 11. The van der Waals surface area contributed by atoms with Gasteiger partial charge in [0, 0.05) is 13.1 Å². The van der Waals surface area contributed by atoms with Gasteiger partial charge >= 0.3 is 11.9 Å². The molecule has 2 aliphatic heterocycles. The number of primary amides is 1. The lowest BCUT2D eigenvalue weighted by Gasteiger charge is -2.32. The molecule has 0 spiro atoms. The topological polar surface area (TPSA) is 399 Å². The van der Waals surface area contributed by atoms with Crippen LogP contribution in [0.1, 0.15) is 98.5 Å². The largest absolute Gasteiger partial charge is 0.508 e. The highest BCUT2D eigenvalue weighted by molar-refractivity contribution is 6.00. The second kappa shape index (κ2) is 27.6. The van der Waals surface area contributed by atoms with Gasteiger partial charge in [0.05, 0.1) is 25.5 Å². The molecule has 14 N–H and O–H groups in total. The third-order valence-corrected chi connectivity index (χ3v) is 12.6. The molecule has 1 aromatic rings. The highest BCUT2D eigenvalue weighted by Crippen LogP contribution is 2.23. The first-order chi connectivity index (χ1) is 33.8. The lowest BCUT2D eigenvalue weighted by atomic mass is 9.96. The van der Waals surface area contributed by atoms with E-state index in [4.69, 9.17) is 11.5 Å². The molecule has 400 valence electrons. The number of hydrogen-bond acceptors (Lipinski definition) is 14. The van der Waals surface area contributed by atoms with E-state index in [9.17, 15) is 73.2 Å². The minimum atomic E-state index is -1.75. The van der Waals surface area contributed by atoms with E-state index in [-0.39, 0.29) is 56.9 Å². The van der Waals surface area contributed by atoms with Crippen LogP contribution in [0.4, 0.5) is 0 Å². The van der Waals surface area contributed by atoms with Crippen molar-refractivity contribution in [3.8, 4) is 5.75 Å². The average Bonchev–Trinajstić information content (AvgIpc) is 4.01. The highest BCUT2D eigenvalue weighted by Gasteiger charge is 2.42. The SMILES string of the molecule is CC[C@H](C)[C@H](NC(=O)[C@@H](NC(=O)[C@@H]1CCCN1C(=O)[C@H](CC(N)=O)NC(=O)[C@H](CC(C)C)NC(=O)[C@H](CC(=O)O)NC(=O)[C@@H]1CCCN1C(=O)[C@@H](N)Cc1ccc(O)cc1)C(C)C)C(=O)N[C@@H](CO)C(=O)O. The Morgan fingerprint density at radius 3 is 1.67 bits per heavy atom.